The van der Waals surface area contributed by atoms with Crippen molar-refractivity contribution in [3.63, 3.8) is 0 Å². The number of thioether (sulfide) groups is 1. The standard InChI is InChI=1S/C20H18BrN3OS/c1-12(18(25)15-10-9-13-5-4-6-14(13)11-15)26-20-22-19(23-24-20)16-7-2-3-8-17(16)21/h2-3,7-12H,4-6H2,1H3,(H,22,23,24)/t12-/m0/s1. The molecule has 0 saturated carbocycles. The zero-order valence-electron chi connectivity index (χ0n) is 14.3. The van der Waals surface area contributed by atoms with Crippen molar-refractivity contribution in [1.29, 1.82) is 0 Å². The number of hydrogen-bond acceptors (Lipinski definition) is 4. The van der Waals surface area contributed by atoms with E-state index in [1.54, 1.807) is 0 Å². The third-order valence-electron chi connectivity index (χ3n) is 4.63. The van der Waals surface area contributed by atoms with Crippen molar-refractivity contribution in [2.45, 2.75) is 36.6 Å². The number of nitrogens with zero attached hydrogens (tertiary/aromatic N) is 2. The van der Waals surface area contributed by atoms with E-state index in [0.717, 1.165) is 28.4 Å². The number of carbonyl (C=O) groups is 1. The number of nitrogens with one attached hydrogen (secondary N) is 1. The Morgan fingerprint density at radius 1 is 1.19 bits per heavy atom. The Balaban J connectivity index is 1.49. The monoisotopic (exact) mass is 427 g/mol. The molecular formula is C20H18BrN3OS. The van der Waals surface area contributed by atoms with Gasteiger partial charge in [-0.15, -0.1) is 5.10 Å². The summed E-state index contributed by atoms with van der Waals surface area (Å²) in [7, 11) is 0. The zero-order valence-corrected chi connectivity index (χ0v) is 16.7. The Hall–Kier alpha value is -1.92. The second-order valence-corrected chi connectivity index (χ2v) is 8.57. The molecule has 0 aliphatic heterocycles. The number of rotatable bonds is 5. The Bertz CT molecular complexity index is 969. The lowest BCUT2D eigenvalue weighted by Crippen LogP contribution is -2.14. The first kappa shape index (κ1) is 17.5. The molecule has 0 bridgehead atoms. The molecular weight excluding hydrogens is 410 g/mol. The van der Waals surface area contributed by atoms with E-state index in [4.69, 9.17) is 0 Å². The second-order valence-electron chi connectivity index (χ2n) is 6.41. The summed E-state index contributed by atoms with van der Waals surface area (Å²) in [6.45, 7) is 1.91. The van der Waals surface area contributed by atoms with E-state index in [1.165, 1.54) is 29.3 Å². The van der Waals surface area contributed by atoms with Crippen LogP contribution in [0, 0.1) is 0 Å². The summed E-state index contributed by atoms with van der Waals surface area (Å²) >= 11 is 4.91. The Morgan fingerprint density at radius 2 is 2.00 bits per heavy atom. The number of aryl methyl sites for hydroxylation is 2. The Labute approximate surface area is 164 Å². The molecule has 1 atom stereocenters. The third kappa shape index (κ3) is 3.48. The van der Waals surface area contributed by atoms with Gasteiger partial charge in [0.15, 0.2) is 11.6 Å². The Morgan fingerprint density at radius 3 is 2.85 bits per heavy atom. The molecule has 4 rings (SSSR count). The van der Waals surface area contributed by atoms with E-state index in [1.807, 2.05) is 37.3 Å². The summed E-state index contributed by atoms with van der Waals surface area (Å²) in [6, 6.07) is 14.0. The summed E-state index contributed by atoms with van der Waals surface area (Å²) in [4.78, 5) is 17.3. The molecule has 0 radical (unpaired) electrons. The molecule has 26 heavy (non-hydrogen) atoms. The fourth-order valence-corrected chi connectivity index (χ4v) is 4.52. The molecule has 4 nitrogen and oxygen atoms in total. The largest absolute Gasteiger partial charge is 0.293 e. The molecule has 1 aromatic heterocycles. The fourth-order valence-electron chi connectivity index (χ4n) is 3.24. The van der Waals surface area contributed by atoms with Gasteiger partial charge in [0.25, 0.3) is 0 Å². The van der Waals surface area contributed by atoms with Gasteiger partial charge in [0.1, 0.15) is 0 Å². The van der Waals surface area contributed by atoms with Gasteiger partial charge in [0.05, 0.1) is 5.25 Å². The van der Waals surface area contributed by atoms with Gasteiger partial charge in [0, 0.05) is 15.6 Å². The first-order chi connectivity index (χ1) is 12.6. The molecule has 0 unspecified atom stereocenters. The lowest BCUT2D eigenvalue weighted by Gasteiger charge is -2.09. The molecule has 1 N–H and O–H groups in total. The molecule has 0 spiro atoms. The van der Waals surface area contributed by atoms with E-state index < -0.39 is 0 Å². The maximum atomic E-state index is 12.8. The molecule has 6 heteroatoms. The first-order valence-corrected chi connectivity index (χ1v) is 10.3. The molecule has 0 amide bonds. The van der Waals surface area contributed by atoms with Gasteiger partial charge < -0.3 is 0 Å². The van der Waals surface area contributed by atoms with Crippen LogP contribution in [-0.2, 0) is 12.8 Å². The molecule has 1 aliphatic carbocycles. The van der Waals surface area contributed by atoms with Crippen LogP contribution >= 0.6 is 27.7 Å². The lowest BCUT2D eigenvalue weighted by molar-refractivity contribution is 0.0994. The smallest absolute Gasteiger partial charge is 0.209 e. The normalized spacial score (nSPS) is 14.2. The highest BCUT2D eigenvalue weighted by Gasteiger charge is 2.21. The van der Waals surface area contributed by atoms with Crippen molar-refractivity contribution in [3.8, 4) is 11.4 Å². The van der Waals surface area contributed by atoms with Crippen molar-refractivity contribution < 1.29 is 4.79 Å². The summed E-state index contributed by atoms with van der Waals surface area (Å²) in [6.07, 6.45) is 3.39. The van der Waals surface area contributed by atoms with Crippen LogP contribution in [0.25, 0.3) is 11.4 Å². The van der Waals surface area contributed by atoms with Gasteiger partial charge >= 0.3 is 0 Å². The minimum absolute atomic E-state index is 0.122. The number of hydrogen-bond donors (Lipinski definition) is 1. The van der Waals surface area contributed by atoms with Gasteiger partial charge in [-0.3, -0.25) is 9.89 Å². The van der Waals surface area contributed by atoms with Crippen molar-refractivity contribution in [2.75, 3.05) is 0 Å². The summed E-state index contributed by atoms with van der Waals surface area (Å²) in [5.74, 6) is 0.814. The maximum Gasteiger partial charge on any atom is 0.209 e. The number of H-pyrrole nitrogens is 1. The first-order valence-electron chi connectivity index (χ1n) is 8.62. The van der Waals surface area contributed by atoms with Crippen LogP contribution in [0.1, 0.15) is 34.8 Å². The van der Waals surface area contributed by atoms with Gasteiger partial charge in [-0.1, -0.05) is 58.0 Å². The predicted octanol–water partition coefficient (Wildman–Crippen LogP) is 5.09. The highest BCUT2D eigenvalue weighted by atomic mass is 79.9. The number of Topliss-reactive ketones (excluding diaryl/α,β-unsaturated/α-hetero) is 1. The van der Waals surface area contributed by atoms with Gasteiger partial charge in [0.2, 0.25) is 5.16 Å². The third-order valence-corrected chi connectivity index (χ3v) is 6.28. The quantitative estimate of drug-likeness (QED) is 0.455. The van der Waals surface area contributed by atoms with Crippen molar-refractivity contribution >= 4 is 33.5 Å². The molecule has 0 fully saturated rings. The summed E-state index contributed by atoms with van der Waals surface area (Å²) < 4.78 is 0.954. The maximum absolute atomic E-state index is 12.8. The lowest BCUT2D eigenvalue weighted by atomic mass is 10.0. The predicted molar refractivity (Wildman–Crippen MR) is 108 cm³/mol. The number of fused-ring (bicyclic) bond motifs is 1. The summed E-state index contributed by atoms with van der Waals surface area (Å²) in [5, 5.41) is 7.56. The zero-order chi connectivity index (χ0) is 18.1. The van der Waals surface area contributed by atoms with E-state index in [9.17, 15) is 4.79 Å². The average Bonchev–Trinajstić information content (AvgIpc) is 3.30. The second kappa shape index (κ2) is 7.37. The van der Waals surface area contributed by atoms with Crippen LogP contribution in [-0.4, -0.2) is 26.2 Å². The van der Waals surface area contributed by atoms with Crippen LogP contribution in [0.2, 0.25) is 0 Å². The minimum Gasteiger partial charge on any atom is -0.293 e. The number of halogens is 1. The fraction of sp³-hybridized carbons (Fsp3) is 0.250. The molecule has 1 aliphatic rings. The average molecular weight is 428 g/mol. The van der Waals surface area contributed by atoms with Crippen LogP contribution < -0.4 is 0 Å². The van der Waals surface area contributed by atoms with Gasteiger partial charge in [-0.2, -0.15) is 0 Å². The van der Waals surface area contributed by atoms with Gasteiger partial charge in [-0.25, -0.2) is 4.98 Å². The number of ketones is 1. The van der Waals surface area contributed by atoms with E-state index in [2.05, 4.69) is 43.2 Å². The van der Waals surface area contributed by atoms with Crippen molar-refractivity contribution in [3.05, 3.63) is 63.6 Å². The van der Waals surface area contributed by atoms with E-state index in [-0.39, 0.29) is 11.0 Å². The molecule has 2 aromatic carbocycles. The van der Waals surface area contributed by atoms with Gasteiger partial charge in [-0.05, 0) is 49.4 Å². The van der Waals surface area contributed by atoms with Crippen LogP contribution in [0.15, 0.2) is 52.1 Å². The van der Waals surface area contributed by atoms with Crippen molar-refractivity contribution in [1.82, 2.24) is 15.2 Å². The topological polar surface area (TPSA) is 58.6 Å². The van der Waals surface area contributed by atoms with Crippen LogP contribution in [0.5, 0.6) is 0 Å². The Kier molecular flexibility index (Phi) is 4.96. The minimum atomic E-state index is -0.239. The molecule has 132 valence electrons. The highest BCUT2D eigenvalue weighted by molar-refractivity contribution is 9.10. The highest BCUT2D eigenvalue weighted by Crippen LogP contribution is 2.29. The van der Waals surface area contributed by atoms with Crippen LogP contribution in [0.4, 0.5) is 0 Å². The number of aromatic nitrogens is 3. The molecule has 0 saturated heterocycles. The molecule has 3 aromatic rings. The number of aromatic amines is 1. The van der Waals surface area contributed by atoms with Crippen molar-refractivity contribution in [2.24, 2.45) is 0 Å². The van der Waals surface area contributed by atoms with E-state index in [0.29, 0.717) is 11.0 Å². The summed E-state index contributed by atoms with van der Waals surface area (Å²) in [5.41, 5.74) is 4.44. The SMILES string of the molecule is C[C@H](Sc1n[nH]c(-c2ccccc2Br)n1)C(=O)c1ccc2c(c1)CCC2. The number of benzene rings is 2. The van der Waals surface area contributed by atoms with Crippen LogP contribution in [0.3, 0.4) is 0 Å². The van der Waals surface area contributed by atoms with E-state index >= 15 is 0 Å². The molecule has 1 heterocycles. The number of carbonyl (C=O) groups excluding carboxylic acids is 1.